The Balaban J connectivity index is 3.26. The van der Waals surface area contributed by atoms with E-state index in [1.54, 1.807) is 0 Å². The molecule has 96 valence electrons. The SMILES string of the molecule is CS(=O)(=O)C(Cl)(Cl)[C@H](O)c1ccc(Cl)cc1Cl. The largest absolute Gasteiger partial charge is 0.384 e. The molecule has 1 rings (SSSR count). The fraction of sp³-hybridized carbons (Fsp3) is 0.333. The van der Waals surface area contributed by atoms with Crippen LogP contribution in [0.4, 0.5) is 0 Å². The number of halogens is 4. The summed E-state index contributed by atoms with van der Waals surface area (Å²) in [4.78, 5) is 0. The van der Waals surface area contributed by atoms with Gasteiger partial charge < -0.3 is 5.11 Å². The molecule has 0 heterocycles. The zero-order chi connectivity index (χ0) is 13.4. The number of alkyl halides is 2. The van der Waals surface area contributed by atoms with Gasteiger partial charge in [-0.2, -0.15) is 0 Å². The lowest BCUT2D eigenvalue weighted by molar-refractivity contribution is 0.181. The molecule has 0 spiro atoms. The predicted octanol–water partition coefficient (Wildman–Crippen LogP) is 3.20. The van der Waals surface area contributed by atoms with Crippen LogP contribution in [0.3, 0.4) is 0 Å². The van der Waals surface area contributed by atoms with Crippen LogP contribution < -0.4 is 0 Å². The third kappa shape index (κ3) is 3.19. The van der Waals surface area contributed by atoms with Crippen molar-refractivity contribution in [2.75, 3.05) is 6.26 Å². The van der Waals surface area contributed by atoms with E-state index in [2.05, 4.69) is 0 Å². The van der Waals surface area contributed by atoms with Crippen molar-refractivity contribution >= 4 is 56.2 Å². The van der Waals surface area contributed by atoms with Gasteiger partial charge in [-0.1, -0.05) is 52.5 Å². The van der Waals surface area contributed by atoms with E-state index in [1.165, 1.54) is 18.2 Å². The van der Waals surface area contributed by atoms with E-state index in [1.807, 2.05) is 0 Å². The Morgan fingerprint density at radius 1 is 1.29 bits per heavy atom. The smallest absolute Gasteiger partial charge is 0.247 e. The molecule has 0 aliphatic rings. The maximum absolute atomic E-state index is 11.4. The van der Waals surface area contributed by atoms with E-state index >= 15 is 0 Å². The average Bonchev–Trinajstić information content (AvgIpc) is 2.14. The minimum absolute atomic E-state index is 0.0827. The quantitative estimate of drug-likeness (QED) is 0.862. The van der Waals surface area contributed by atoms with Gasteiger partial charge in [0.15, 0.2) is 9.84 Å². The number of hydrogen-bond donors (Lipinski definition) is 1. The number of sulfone groups is 1. The molecule has 0 saturated heterocycles. The highest BCUT2D eigenvalue weighted by atomic mass is 35.5. The van der Waals surface area contributed by atoms with E-state index in [0.717, 1.165) is 6.26 Å². The molecule has 17 heavy (non-hydrogen) atoms. The zero-order valence-corrected chi connectivity index (χ0v) is 12.3. The molecule has 3 nitrogen and oxygen atoms in total. The number of rotatable bonds is 3. The lowest BCUT2D eigenvalue weighted by Gasteiger charge is -2.24. The first kappa shape index (κ1) is 15.3. The lowest BCUT2D eigenvalue weighted by Crippen LogP contribution is -2.32. The second kappa shape index (κ2) is 5.11. The van der Waals surface area contributed by atoms with E-state index in [9.17, 15) is 13.5 Å². The fourth-order valence-corrected chi connectivity index (χ4v) is 2.39. The van der Waals surface area contributed by atoms with Crippen molar-refractivity contribution in [1.29, 1.82) is 0 Å². The van der Waals surface area contributed by atoms with E-state index < -0.39 is 19.6 Å². The number of benzene rings is 1. The highest BCUT2D eigenvalue weighted by molar-refractivity contribution is 7.94. The van der Waals surface area contributed by atoms with Gasteiger partial charge in [0.25, 0.3) is 0 Å². The molecule has 1 N–H and O–H groups in total. The lowest BCUT2D eigenvalue weighted by atomic mass is 10.1. The molecular formula is C9H8Cl4O3S. The molecule has 1 aromatic rings. The van der Waals surface area contributed by atoms with Crippen molar-refractivity contribution in [1.82, 2.24) is 0 Å². The Kier molecular flexibility index (Phi) is 4.62. The molecule has 0 amide bonds. The summed E-state index contributed by atoms with van der Waals surface area (Å²) in [6, 6.07) is 4.16. The van der Waals surface area contributed by atoms with Gasteiger partial charge in [-0.3, -0.25) is 0 Å². The number of hydrogen-bond acceptors (Lipinski definition) is 3. The van der Waals surface area contributed by atoms with Gasteiger partial charge in [-0.05, 0) is 12.1 Å². The number of aliphatic hydroxyl groups is 1. The molecule has 0 radical (unpaired) electrons. The monoisotopic (exact) mass is 336 g/mol. The van der Waals surface area contributed by atoms with Crippen LogP contribution in [0.15, 0.2) is 18.2 Å². The maximum atomic E-state index is 11.4. The van der Waals surface area contributed by atoms with Gasteiger partial charge in [0.05, 0.1) is 0 Å². The standard InChI is InChI=1S/C9H8Cl4O3S/c1-17(15,16)9(12,13)8(14)6-3-2-5(10)4-7(6)11/h2-4,8,14H,1H3/t8-/m1/s1. The van der Waals surface area contributed by atoms with Crippen LogP contribution in [0.25, 0.3) is 0 Å². The zero-order valence-electron chi connectivity index (χ0n) is 8.49. The van der Waals surface area contributed by atoms with Gasteiger partial charge in [0.2, 0.25) is 3.67 Å². The minimum atomic E-state index is -3.89. The molecule has 1 aromatic carbocycles. The summed E-state index contributed by atoms with van der Waals surface area (Å²) in [5.74, 6) is 0. The van der Waals surface area contributed by atoms with Crippen LogP contribution in [0.5, 0.6) is 0 Å². The average molecular weight is 338 g/mol. The molecule has 1 atom stereocenters. The van der Waals surface area contributed by atoms with Gasteiger partial charge >= 0.3 is 0 Å². The summed E-state index contributed by atoms with van der Waals surface area (Å²) >= 11 is 22.8. The summed E-state index contributed by atoms with van der Waals surface area (Å²) in [5, 5.41) is 10.3. The first-order valence-corrected chi connectivity index (χ1v) is 7.68. The highest BCUT2D eigenvalue weighted by Gasteiger charge is 2.45. The molecule has 0 aliphatic heterocycles. The Hall–Kier alpha value is 0.290. The van der Waals surface area contributed by atoms with Crippen molar-refractivity contribution in [3.8, 4) is 0 Å². The normalized spacial score (nSPS) is 14.7. The molecule has 0 aromatic heterocycles. The summed E-state index contributed by atoms with van der Waals surface area (Å²) in [6.07, 6.45) is -0.856. The van der Waals surface area contributed by atoms with Crippen molar-refractivity contribution in [3.05, 3.63) is 33.8 Å². The van der Waals surface area contributed by atoms with Gasteiger partial charge in [-0.15, -0.1) is 0 Å². The summed E-state index contributed by atoms with van der Waals surface area (Å²) in [6.45, 7) is 0. The Morgan fingerprint density at radius 3 is 2.24 bits per heavy atom. The summed E-state index contributed by atoms with van der Waals surface area (Å²) < 4.78 is 20.3. The Bertz CT molecular complexity index is 527. The van der Waals surface area contributed by atoms with Crippen molar-refractivity contribution in [3.63, 3.8) is 0 Å². The van der Waals surface area contributed by atoms with Gasteiger partial charge in [-0.25, -0.2) is 8.42 Å². The third-order valence-electron chi connectivity index (χ3n) is 2.07. The van der Waals surface area contributed by atoms with Crippen molar-refractivity contribution in [2.24, 2.45) is 0 Å². The molecule has 0 fully saturated rings. The second-order valence-electron chi connectivity index (χ2n) is 3.40. The molecule has 0 aliphatic carbocycles. The topological polar surface area (TPSA) is 54.4 Å². The third-order valence-corrected chi connectivity index (χ3v) is 5.94. The summed E-state index contributed by atoms with van der Waals surface area (Å²) in [5.41, 5.74) is 0.0893. The molecular weight excluding hydrogens is 330 g/mol. The predicted molar refractivity (Wildman–Crippen MR) is 70.7 cm³/mol. The first-order valence-electron chi connectivity index (χ1n) is 4.28. The van der Waals surface area contributed by atoms with E-state index in [4.69, 9.17) is 46.4 Å². The molecule has 0 saturated carbocycles. The number of aliphatic hydroxyl groups excluding tert-OH is 1. The van der Waals surface area contributed by atoms with E-state index in [0.29, 0.717) is 5.02 Å². The van der Waals surface area contributed by atoms with E-state index in [-0.39, 0.29) is 10.6 Å². The molecule has 0 bridgehead atoms. The van der Waals surface area contributed by atoms with Crippen LogP contribution in [-0.2, 0) is 9.84 Å². The first-order chi connectivity index (χ1) is 7.57. The van der Waals surface area contributed by atoms with Crippen molar-refractivity contribution < 1.29 is 13.5 Å². The van der Waals surface area contributed by atoms with Crippen LogP contribution in [-0.4, -0.2) is 23.4 Å². The Labute approximate surface area is 119 Å². The highest BCUT2D eigenvalue weighted by Crippen LogP contribution is 2.42. The van der Waals surface area contributed by atoms with Crippen LogP contribution in [0.1, 0.15) is 11.7 Å². The molecule has 8 heteroatoms. The van der Waals surface area contributed by atoms with Crippen LogP contribution >= 0.6 is 46.4 Å². The minimum Gasteiger partial charge on any atom is -0.384 e. The fourth-order valence-electron chi connectivity index (χ4n) is 1.11. The Morgan fingerprint density at radius 2 is 1.82 bits per heavy atom. The van der Waals surface area contributed by atoms with Gasteiger partial charge in [0.1, 0.15) is 6.10 Å². The van der Waals surface area contributed by atoms with Gasteiger partial charge in [0, 0.05) is 21.9 Å². The van der Waals surface area contributed by atoms with Crippen LogP contribution in [0, 0.1) is 0 Å². The second-order valence-corrected chi connectivity index (χ2v) is 8.27. The summed E-state index contributed by atoms with van der Waals surface area (Å²) in [7, 11) is -3.89. The maximum Gasteiger partial charge on any atom is 0.247 e. The molecule has 0 unspecified atom stereocenters. The van der Waals surface area contributed by atoms with Crippen LogP contribution in [0.2, 0.25) is 10.0 Å². The van der Waals surface area contributed by atoms with Crippen molar-refractivity contribution in [2.45, 2.75) is 9.77 Å².